The van der Waals surface area contributed by atoms with Crippen LogP contribution >= 0.6 is 0 Å². The highest BCUT2D eigenvalue weighted by Gasteiger charge is 1.99. The van der Waals surface area contributed by atoms with E-state index in [4.69, 9.17) is 14.2 Å². The number of ether oxygens (including phenoxy) is 4. The van der Waals surface area contributed by atoms with Gasteiger partial charge in [-0.05, 0) is 6.42 Å². The molecule has 0 saturated heterocycles. The largest absolute Gasteiger partial charge is 0.469 e. The van der Waals surface area contributed by atoms with E-state index in [2.05, 4.69) is 11.7 Å². The SMILES string of the molecule is CCCCCCCCCCCCOCCOCCOCCC(=O)OC. The highest BCUT2D eigenvalue weighted by molar-refractivity contribution is 5.69. The number of rotatable bonds is 20. The summed E-state index contributed by atoms with van der Waals surface area (Å²) in [6, 6.07) is 0. The predicted octanol–water partition coefficient (Wildman–Crippen LogP) is 4.52. The summed E-state index contributed by atoms with van der Waals surface area (Å²) in [6.45, 7) is 5.73. The first-order valence-electron chi connectivity index (χ1n) is 10.1. The van der Waals surface area contributed by atoms with Crippen LogP contribution in [0, 0.1) is 0 Å². The van der Waals surface area contributed by atoms with E-state index >= 15 is 0 Å². The summed E-state index contributed by atoms with van der Waals surface area (Å²) in [5, 5.41) is 0. The summed E-state index contributed by atoms with van der Waals surface area (Å²) in [5.41, 5.74) is 0. The molecular formula is C20H40O5. The zero-order chi connectivity index (χ0) is 18.4. The monoisotopic (exact) mass is 360 g/mol. The van der Waals surface area contributed by atoms with Crippen molar-refractivity contribution in [3.05, 3.63) is 0 Å². The van der Waals surface area contributed by atoms with Gasteiger partial charge in [0.2, 0.25) is 0 Å². The van der Waals surface area contributed by atoms with Crippen LogP contribution in [0.15, 0.2) is 0 Å². The van der Waals surface area contributed by atoms with Gasteiger partial charge in [0, 0.05) is 6.61 Å². The maximum absolute atomic E-state index is 10.8. The summed E-state index contributed by atoms with van der Waals surface area (Å²) in [6.07, 6.45) is 13.7. The van der Waals surface area contributed by atoms with Gasteiger partial charge in [0.15, 0.2) is 0 Å². The Bertz CT molecular complexity index is 271. The van der Waals surface area contributed by atoms with Crippen LogP contribution in [0.4, 0.5) is 0 Å². The third-order valence-corrected chi connectivity index (χ3v) is 4.06. The van der Waals surface area contributed by atoms with Crippen molar-refractivity contribution >= 4 is 5.97 Å². The summed E-state index contributed by atoms with van der Waals surface area (Å²) >= 11 is 0. The molecule has 0 aromatic carbocycles. The maximum atomic E-state index is 10.8. The molecule has 0 unspecified atom stereocenters. The first-order valence-corrected chi connectivity index (χ1v) is 10.1. The topological polar surface area (TPSA) is 54.0 Å². The Morgan fingerprint density at radius 1 is 0.600 bits per heavy atom. The summed E-state index contributed by atoms with van der Waals surface area (Å²) < 4.78 is 20.7. The summed E-state index contributed by atoms with van der Waals surface area (Å²) in [4.78, 5) is 10.8. The van der Waals surface area contributed by atoms with Gasteiger partial charge in [-0.25, -0.2) is 0 Å². The molecule has 0 spiro atoms. The number of methoxy groups -OCH3 is 1. The van der Waals surface area contributed by atoms with Gasteiger partial charge in [-0.3, -0.25) is 4.79 Å². The van der Waals surface area contributed by atoms with Gasteiger partial charge >= 0.3 is 5.97 Å². The molecule has 0 fully saturated rings. The predicted molar refractivity (Wildman–Crippen MR) is 101 cm³/mol. The molecule has 0 heterocycles. The van der Waals surface area contributed by atoms with Gasteiger partial charge in [-0.15, -0.1) is 0 Å². The van der Waals surface area contributed by atoms with E-state index in [1.807, 2.05) is 0 Å². The summed E-state index contributed by atoms with van der Waals surface area (Å²) in [5.74, 6) is -0.249. The fourth-order valence-corrected chi connectivity index (χ4v) is 2.49. The number of unbranched alkanes of at least 4 members (excludes halogenated alkanes) is 9. The Hall–Kier alpha value is -0.650. The van der Waals surface area contributed by atoms with Crippen LogP contribution in [0.3, 0.4) is 0 Å². The number of carbonyl (C=O) groups excluding carboxylic acids is 1. The fraction of sp³-hybridized carbons (Fsp3) is 0.950. The molecule has 5 heteroatoms. The quantitative estimate of drug-likeness (QED) is 0.236. The van der Waals surface area contributed by atoms with Crippen LogP contribution in [0.5, 0.6) is 0 Å². The first kappa shape index (κ1) is 24.4. The minimum atomic E-state index is -0.249. The molecule has 150 valence electrons. The molecule has 0 aromatic heterocycles. The zero-order valence-electron chi connectivity index (χ0n) is 16.6. The van der Waals surface area contributed by atoms with Gasteiger partial charge < -0.3 is 18.9 Å². The van der Waals surface area contributed by atoms with E-state index in [1.165, 1.54) is 64.9 Å². The smallest absolute Gasteiger partial charge is 0.307 e. The Labute approximate surface area is 154 Å². The molecule has 25 heavy (non-hydrogen) atoms. The second kappa shape index (κ2) is 21.4. The third-order valence-electron chi connectivity index (χ3n) is 4.06. The van der Waals surface area contributed by atoms with Gasteiger partial charge in [-0.1, -0.05) is 64.7 Å². The lowest BCUT2D eigenvalue weighted by molar-refractivity contribution is -0.141. The van der Waals surface area contributed by atoms with E-state index in [0.717, 1.165) is 13.0 Å². The molecular weight excluding hydrogens is 320 g/mol. The van der Waals surface area contributed by atoms with Crippen LogP contribution in [-0.4, -0.2) is 52.7 Å². The number of esters is 1. The van der Waals surface area contributed by atoms with Crippen LogP contribution in [0.1, 0.15) is 77.6 Å². The molecule has 5 nitrogen and oxygen atoms in total. The number of hydrogen-bond donors (Lipinski definition) is 0. The van der Waals surface area contributed by atoms with Gasteiger partial charge in [0.05, 0.1) is 46.6 Å². The highest BCUT2D eigenvalue weighted by Crippen LogP contribution is 2.10. The van der Waals surface area contributed by atoms with Crippen molar-refractivity contribution in [2.75, 3.05) is 46.8 Å². The van der Waals surface area contributed by atoms with E-state index in [9.17, 15) is 4.79 Å². The lowest BCUT2D eigenvalue weighted by atomic mass is 10.1. The fourth-order valence-electron chi connectivity index (χ4n) is 2.49. The van der Waals surface area contributed by atoms with Crippen LogP contribution < -0.4 is 0 Å². The second-order valence-corrected chi connectivity index (χ2v) is 6.35. The molecule has 0 saturated carbocycles. The van der Waals surface area contributed by atoms with E-state index in [-0.39, 0.29) is 5.97 Å². The lowest BCUT2D eigenvalue weighted by Gasteiger charge is -2.07. The second-order valence-electron chi connectivity index (χ2n) is 6.35. The van der Waals surface area contributed by atoms with Crippen molar-refractivity contribution in [1.29, 1.82) is 0 Å². The number of hydrogen-bond acceptors (Lipinski definition) is 5. The minimum absolute atomic E-state index is 0.249. The molecule has 0 atom stereocenters. The van der Waals surface area contributed by atoms with Crippen LogP contribution in [0.2, 0.25) is 0 Å². The molecule has 0 aliphatic rings. The van der Waals surface area contributed by atoms with Crippen molar-refractivity contribution in [2.24, 2.45) is 0 Å². The summed E-state index contributed by atoms with van der Waals surface area (Å²) in [7, 11) is 1.38. The van der Waals surface area contributed by atoms with E-state index in [1.54, 1.807) is 0 Å². The highest BCUT2D eigenvalue weighted by atomic mass is 16.5. The van der Waals surface area contributed by atoms with Crippen molar-refractivity contribution in [3.8, 4) is 0 Å². The molecule has 0 N–H and O–H groups in total. The van der Waals surface area contributed by atoms with E-state index < -0.39 is 0 Å². The zero-order valence-corrected chi connectivity index (χ0v) is 16.6. The molecule has 0 rings (SSSR count). The maximum Gasteiger partial charge on any atom is 0.307 e. The normalized spacial score (nSPS) is 11.0. The molecule has 0 aliphatic carbocycles. The minimum Gasteiger partial charge on any atom is -0.469 e. The van der Waals surface area contributed by atoms with Crippen LogP contribution in [-0.2, 0) is 23.7 Å². The Kier molecular flexibility index (Phi) is 20.8. The van der Waals surface area contributed by atoms with Crippen molar-refractivity contribution in [2.45, 2.75) is 77.6 Å². The lowest BCUT2D eigenvalue weighted by Crippen LogP contribution is -2.12. The standard InChI is InChI=1S/C20H40O5/c1-3-4-5-6-7-8-9-10-11-12-14-23-16-18-25-19-17-24-15-13-20(21)22-2/h3-19H2,1-2H3. The number of carbonyl (C=O) groups is 1. The molecule has 0 radical (unpaired) electrons. The molecule has 0 bridgehead atoms. The Balaban J connectivity index is 2.99. The molecule has 0 aliphatic heterocycles. The average molecular weight is 361 g/mol. The van der Waals surface area contributed by atoms with Crippen molar-refractivity contribution in [3.63, 3.8) is 0 Å². The third kappa shape index (κ3) is 21.3. The van der Waals surface area contributed by atoms with Crippen molar-refractivity contribution in [1.82, 2.24) is 0 Å². The first-order chi connectivity index (χ1) is 12.3. The Morgan fingerprint density at radius 2 is 1.04 bits per heavy atom. The van der Waals surface area contributed by atoms with Gasteiger partial charge in [0.25, 0.3) is 0 Å². The average Bonchev–Trinajstić information content (AvgIpc) is 2.63. The molecule has 0 amide bonds. The van der Waals surface area contributed by atoms with Crippen molar-refractivity contribution < 1.29 is 23.7 Å². The molecule has 0 aromatic rings. The Morgan fingerprint density at radius 3 is 1.56 bits per heavy atom. The van der Waals surface area contributed by atoms with Gasteiger partial charge in [0.1, 0.15) is 0 Å². The van der Waals surface area contributed by atoms with Gasteiger partial charge in [-0.2, -0.15) is 0 Å². The van der Waals surface area contributed by atoms with E-state index in [0.29, 0.717) is 39.5 Å². The van der Waals surface area contributed by atoms with Crippen LogP contribution in [0.25, 0.3) is 0 Å².